The first-order chi connectivity index (χ1) is 8.33. The van der Waals surface area contributed by atoms with Gasteiger partial charge in [-0.05, 0) is 13.3 Å². The first kappa shape index (κ1) is 14.6. The van der Waals surface area contributed by atoms with E-state index < -0.39 is 21.8 Å². The van der Waals surface area contributed by atoms with E-state index in [1.807, 2.05) is 0 Å². The summed E-state index contributed by atoms with van der Waals surface area (Å²) in [4.78, 5) is 15.2. The smallest absolute Gasteiger partial charge is 0.292 e. The summed E-state index contributed by atoms with van der Waals surface area (Å²) >= 11 is 0. The summed E-state index contributed by atoms with van der Waals surface area (Å²) in [6.07, 6.45) is 1.28. The van der Waals surface area contributed by atoms with E-state index in [9.17, 15) is 13.2 Å². The second-order valence-electron chi connectivity index (χ2n) is 3.84. The van der Waals surface area contributed by atoms with Crippen LogP contribution in [0.25, 0.3) is 0 Å². The lowest BCUT2D eigenvalue weighted by molar-refractivity contribution is 0.0942. The molecule has 1 atom stereocenters. The van der Waals surface area contributed by atoms with Crippen molar-refractivity contribution in [3.05, 3.63) is 11.7 Å². The highest BCUT2D eigenvalue weighted by atomic mass is 32.2. The summed E-state index contributed by atoms with van der Waals surface area (Å²) < 4.78 is 26.8. The molecule has 0 saturated heterocycles. The first-order valence-electron chi connectivity index (χ1n) is 5.38. The van der Waals surface area contributed by atoms with Gasteiger partial charge in [0.2, 0.25) is 5.89 Å². The lowest BCUT2D eigenvalue weighted by Crippen LogP contribution is -2.24. The molecule has 1 amide bonds. The number of hydrogen-bond donors (Lipinski definition) is 2. The minimum atomic E-state index is -3.09. The number of carbonyl (C=O) groups excluding carboxylic acids is 1. The molecule has 1 unspecified atom stereocenters. The molecule has 18 heavy (non-hydrogen) atoms. The number of rotatable bonds is 6. The molecule has 1 rings (SSSR count). The zero-order chi connectivity index (χ0) is 13.8. The fraction of sp³-hybridized carbons (Fsp3) is 0.667. The number of nitrogens with zero attached hydrogens (tertiary/aromatic N) is 2. The summed E-state index contributed by atoms with van der Waals surface area (Å²) in [6, 6.07) is -0.699. The van der Waals surface area contributed by atoms with Gasteiger partial charge >= 0.3 is 0 Å². The van der Waals surface area contributed by atoms with Crippen LogP contribution in [-0.4, -0.2) is 43.0 Å². The van der Waals surface area contributed by atoms with Crippen LogP contribution in [0.1, 0.15) is 35.9 Å². The maximum atomic E-state index is 11.4. The third-order valence-corrected chi connectivity index (χ3v) is 3.08. The van der Waals surface area contributed by atoms with Crippen LogP contribution in [0.15, 0.2) is 4.52 Å². The van der Waals surface area contributed by atoms with E-state index in [1.54, 1.807) is 6.92 Å². The Balaban J connectivity index is 2.65. The summed E-state index contributed by atoms with van der Waals surface area (Å²) in [5.41, 5.74) is 5.70. The summed E-state index contributed by atoms with van der Waals surface area (Å²) in [7, 11) is -3.09. The molecule has 0 saturated carbocycles. The SMILES string of the molecule is CCNC(=O)c1noc(C(N)CCS(C)(=O)=O)n1. The van der Waals surface area contributed by atoms with Crippen LogP contribution in [0.3, 0.4) is 0 Å². The van der Waals surface area contributed by atoms with Gasteiger partial charge in [-0.1, -0.05) is 5.16 Å². The van der Waals surface area contributed by atoms with Crippen LogP contribution in [0.2, 0.25) is 0 Å². The van der Waals surface area contributed by atoms with Crippen LogP contribution in [-0.2, 0) is 9.84 Å². The predicted octanol–water partition coefficient (Wildman–Crippen LogP) is -0.746. The Morgan fingerprint density at radius 2 is 2.22 bits per heavy atom. The van der Waals surface area contributed by atoms with Crippen LogP contribution in [0, 0.1) is 0 Å². The number of hydrogen-bond acceptors (Lipinski definition) is 7. The molecule has 0 aromatic carbocycles. The minimum Gasteiger partial charge on any atom is -0.349 e. The van der Waals surface area contributed by atoms with Crippen molar-refractivity contribution in [2.75, 3.05) is 18.6 Å². The van der Waals surface area contributed by atoms with Gasteiger partial charge in [-0.2, -0.15) is 4.98 Å². The van der Waals surface area contributed by atoms with E-state index in [0.29, 0.717) is 6.54 Å². The van der Waals surface area contributed by atoms with E-state index in [4.69, 9.17) is 10.3 Å². The van der Waals surface area contributed by atoms with Gasteiger partial charge in [0.25, 0.3) is 11.7 Å². The van der Waals surface area contributed by atoms with E-state index in [1.165, 1.54) is 0 Å². The van der Waals surface area contributed by atoms with Crippen molar-refractivity contribution in [3.63, 3.8) is 0 Å². The lowest BCUT2D eigenvalue weighted by atomic mass is 10.2. The zero-order valence-electron chi connectivity index (χ0n) is 10.2. The maximum absolute atomic E-state index is 11.4. The van der Waals surface area contributed by atoms with Crippen molar-refractivity contribution in [2.24, 2.45) is 5.73 Å². The molecule has 0 spiro atoms. The molecule has 1 heterocycles. The van der Waals surface area contributed by atoms with E-state index in [0.717, 1.165) is 6.26 Å². The highest BCUT2D eigenvalue weighted by molar-refractivity contribution is 7.90. The molecule has 0 aliphatic heterocycles. The van der Waals surface area contributed by atoms with Gasteiger partial charge in [-0.25, -0.2) is 8.42 Å². The molecule has 0 aliphatic rings. The molecular weight excluding hydrogens is 260 g/mol. The maximum Gasteiger partial charge on any atom is 0.292 e. The van der Waals surface area contributed by atoms with Gasteiger partial charge in [0.15, 0.2) is 0 Å². The van der Waals surface area contributed by atoms with Crippen LogP contribution >= 0.6 is 0 Å². The van der Waals surface area contributed by atoms with Crippen molar-refractivity contribution in [1.29, 1.82) is 0 Å². The Labute approximate surface area is 105 Å². The van der Waals surface area contributed by atoms with Crippen molar-refractivity contribution in [3.8, 4) is 0 Å². The van der Waals surface area contributed by atoms with Crippen LogP contribution in [0.4, 0.5) is 0 Å². The monoisotopic (exact) mass is 276 g/mol. The summed E-state index contributed by atoms with van der Waals surface area (Å²) in [6.45, 7) is 2.21. The highest BCUT2D eigenvalue weighted by Crippen LogP contribution is 2.12. The fourth-order valence-corrected chi connectivity index (χ4v) is 1.86. The molecule has 0 fully saturated rings. The molecule has 1 aromatic heterocycles. The van der Waals surface area contributed by atoms with Crippen molar-refractivity contribution in [2.45, 2.75) is 19.4 Å². The molecule has 3 N–H and O–H groups in total. The molecule has 1 aromatic rings. The third-order valence-electron chi connectivity index (χ3n) is 2.10. The fourth-order valence-electron chi connectivity index (χ4n) is 1.18. The number of carbonyl (C=O) groups is 1. The summed E-state index contributed by atoms with van der Waals surface area (Å²) in [5.74, 6) is -0.586. The largest absolute Gasteiger partial charge is 0.349 e. The quantitative estimate of drug-likeness (QED) is 0.699. The predicted molar refractivity (Wildman–Crippen MR) is 63.6 cm³/mol. The number of nitrogens with one attached hydrogen (secondary N) is 1. The van der Waals surface area contributed by atoms with Crippen LogP contribution in [0.5, 0.6) is 0 Å². The van der Waals surface area contributed by atoms with Gasteiger partial charge in [-0.15, -0.1) is 0 Å². The average Bonchev–Trinajstić information content (AvgIpc) is 2.74. The van der Waals surface area contributed by atoms with Gasteiger partial charge < -0.3 is 15.6 Å². The molecule has 8 nitrogen and oxygen atoms in total. The normalized spacial score (nSPS) is 13.3. The van der Waals surface area contributed by atoms with E-state index >= 15 is 0 Å². The third kappa shape index (κ3) is 4.41. The van der Waals surface area contributed by atoms with E-state index in [-0.39, 0.29) is 23.9 Å². The first-order valence-corrected chi connectivity index (χ1v) is 7.44. The minimum absolute atomic E-state index is 0.0555. The standard InChI is InChI=1S/C9H16N4O4S/c1-3-11-8(14)7-12-9(17-13-7)6(10)4-5-18(2,15)16/h6H,3-5,10H2,1-2H3,(H,11,14). The van der Waals surface area contributed by atoms with E-state index in [2.05, 4.69) is 15.5 Å². The number of amides is 1. The Morgan fingerprint density at radius 1 is 1.56 bits per heavy atom. The van der Waals surface area contributed by atoms with Gasteiger partial charge in [0.05, 0.1) is 11.8 Å². The topological polar surface area (TPSA) is 128 Å². The van der Waals surface area contributed by atoms with Crippen molar-refractivity contribution in [1.82, 2.24) is 15.5 Å². The van der Waals surface area contributed by atoms with Crippen molar-refractivity contribution < 1.29 is 17.7 Å². The molecule has 0 bridgehead atoms. The van der Waals surface area contributed by atoms with Gasteiger partial charge in [-0.3, -0.25) is 4.79 Å². The second kappa shape index (κ2) is 5.91. The summed E-state index contributed by atoms with van der Waals surface area (Å²) in [5, 5.41) is 5.98. The molecule has 102 valence electrons. The Hall–Kier alpha value is -1.48. The van der Waals surface area contributed by atoms with Gasteiger partial charge in [0, 0.05) is 12.8 Å². The highest BCUT2D eigenvalue weighted by Gasteiger charge is 2.19. The number of nitrogens with two attached hydrogens (primary N) is 1. The average molecular weight is 276 g/mol. The Kier molecular flexibility index (Phi) is 4.79. The van der Waals surface area contributed by atoms with Crippen LogP contribution < -0.4 is 11.1 Å². The second-order valence-corrected chi connectivity index (χ2v) is 6.10. The van der Waals surface area contributed by atoms with Crippen molar-refractivity contribution >= 4 is 15.7 Å². The number of sulfone groups is 1. The lowest BCUT2D eigenvalue weighted by Gasteiger charge is -2.04. The Morgan fingerprint density at radius 3 is 2.78 bits per heavy atom. The Bertz CT molecular complexity index is 510. The molecule has 9 heteroatoms. The molecule has 0 aliphatic carbocycles. The number of aromatic nitrogens is 2. The van der Waals surface area contributed by atoms with Gasteiger partial charge in [0.1, 0.15) is 9.84 Å². The zero-order valence-corrected chi connectivity index (χ0v) is 11.0. The molecule has 0 radical (unpaired) electrons. The molecular formula is C9H16N4O4S.